The molecule has 0 aliphatic carbocycles. The van der Waals surface area contributed by atoms with Gasteiger partial charge in [-0.2, -0.15) is 0 Å². The number of carboxylic acid groups (broad SMARTS) is 1. The molecule has 1 rings (SSSR count). The minimum Gasteiger partial charge on any atom is -0.478 e. The van der Waals surface area contributed by atoms with Gasteiger partial charge in [-0.15, -0.1) is 0 Å². The molecule has 6 heteroatoms. The van der Waals surface area contributed by atoms with Crippen LogP contribution < -0.4 is 0 Å². The van der Waals surface area contributed by atoms with Crippen molar-refractivity contribution in [3.63, 3.8) is 0 Å². The maximum absolute atomic E-state index is 11.5. The van der Waals surface area contributed by atoms with Gasteiger partial charge in [0.1, 0.15) is 0 Å². The molecule has 0 radical (unpaired) electrons. The van der Waals surface area contributed by atoms with Crippen molar-refractivity contribution in [1.82, 2.24) is 0 Å². The summed E-state index contributed by atoms with van der Waals surface area (Å²) in [5, 5.41) is 18.8. The summed E-state index contributed by atoms with van der Waals surface area (Å²) in [6, 6.07) is 7.22. The second-order valence-electron chi connectivity index (χ2n) is 3.05. The molecule has 0 heterocycles. The molecule has 1 unspecified atom stereocenters. The number of carbonyl (C=O) groups is 2. The lowest BCUT2D eigenvalue weighted by molar-refractivity contribution is -0.165. The van der Waals surface area contributed by atoms with Crippen molar-refractivity contribution >= 4 is 35.0 Å². The van der Waals surface area contributed by atoms with E-state index in [1.165, 1.54) is 24.3 Å². The average Bonchev–Trinajstić information content (AvgIpc) is 2.27. The molecule has 0 fully saturated rings. The Hall–Kier alpha value is -1.10. The Morgan fingerprint density at radius 2 is 1.69 bits per heavy atom. The number of halogens is 2. The average molecular weight is 263 g/mol. The van der Waals surface area contributed by atoms with E-state index >= 15 is 0 Å². The van der Waals surface area contributed by atoms with Crippen LogP contribution in [-0.2, 0) is 15.2 Å². The molecule has 0 bridgehead atoms. The van der Waals surface area contributed by atoms with E-state index in [2.05, 4.69) is 0 Å². The smallest absolute Gasteiger partial charge is 0.348 e. The monoisotopic (exact) mass is 262 g/mol. The van der Waals surface area contributed by atoms with Crippen molar-refractivity contribution < 1.29 is 19.8 Å². The fourth-order valence-corrected chi connectivity index (χ4v) is 1.52. The summed E-state index contributed by atoms with van der Waals surface area (Å²) in [5.41, 5.74) is -2.80. The molecule has 2 N–H and O–H groups in total. The molecular formula is C10H8Cl2O4. The van der Waals surface area contributed by atoms with E-state index < -0.39 is 22.2 Å². The summed E-state index contributed by atoms with van der Waals surface area (Å²) in [6.07, 6.45) is 0. The van der Waals surface area contributed by atoms with Gasteiger partial charge in [0.05, 0.1) is 0 Å². The molecule has 0 amide bonds. The van der Waals surface area contributed by atoms with E-state index in [1.54, 1.807) is 6.07 Å². The van der Waals surface area contributed by atoms with Crippen molar-refractivity contribution in [1.29, 1.82) is 0 Å². The number of benzene rings is 1. The lowest BCUT2D eigenvalue weighted by Crippen LogP contribution is -2.46. The van der Waals surface area contributed by atoms with Crippen molar-refractivity contribution in [3.05, 3.63) is 35.9 Å². The zero-order chi connectivity index (χ0) is 12.3. The third kappa shape index (κ3) is 2.19. The van der Waals surface area contributed by atoms with Gasteiger partial charge in [-0.25, -0.2) is 4.79 Å². The Bertz CT molecular complexity index is 405. The lowest BCUT2D eigenvalue weighted by Gasteiger charge is -2.22. The van der Waals surface area contributed by atoms with Gasteiger partial charge in [0.25, 0.3) is 0 Å². The van der Waals surface area contributed by atoms with Gasteiger partial charge >= 0.3 is 5.97 Å². The maximum atomic E-state index is 11.5. The summed E-state index contributed by atoms with van der Waals surface area (Å²) in [6.45, 7) is 0. The zero-order valence-electron chi connectivity index (χ0n) is 7.93. The molecular weight excluding hydrogens is 255 g/mol. The second kappa shape index (κ2) is 4.82. The first kappa shape index (κ1) is 13.0. The predicted molar refractivity (Wildman–Crippen MR) is 58.5 cm³/mol. The number of aliphatic hydroxyl groups is 1. The Morgan fingerprint density at radius 3 is 2.06 bits per heavy atom. The summed E-state index contributed by atoms with van der Waals surface area (Å²) < 4.78 is 0. The van der Waals surface area contributed by atoms with Crippen LogP contribution in [-0.4, -0.2) is 26.8 Å². The molecule has 1 aromatic carbocycles. The van der Waals surface area contributed by atoms with Crippen molar-refractivity contribution in [2.24, 2.45) is 0 Å². The number of ketones is 1. The number of carboxylic acids is 1. The van der Waals surface area contributed by atoms with Gasteiger partial charge < -0.3 is 10.2 Å². The summed E-state index contributed by atoms with van der Waals surface area (Å²) in [4.78, 5) is 20.9. The quantitative estimate of drug-likeness (QED) is 0.634. The standard InChI is InChI=1S/C10H8Cl2O4/c11-8(12)7(13)10(16,9(14)15)6-4-2-1-3-5-6/h1-5,8,16H,(H,14,15). The van der Waals surface area contributed by atoms with Crippen LogP contribution in [0.1, 0.15) is 5.56 Å². The van der Waals surface area contributed by atoms with Crippen LogP contribution in [0.5, 0.6) is 0 Å². The molecule has 86 valence electrons. The number of hydrogen-bond donors (Lipinski definition) is 2. The number of alkyl halides is 2. The second-order valence-corrected chi connectivity index (χ2v) is 4.14. The van der Waals surface area contributed by atoms with Gasteiger partial charge in [-0.05, 0) is 0 Å². The Balaban J connectivity index is 3.28. The largest absolute Gasteiger partial charge is 0.478 e. The molecule has 0 aromatic heterocycles. The molecule has 0 saturated heterocycles. The first-order chi connectivity index (χ1) is 7.40. The van der Waals surface area contributed by atoms with Gasteiger partial charge in [-0.3, -0.25) is 4.79 Å². The van der Waals surface area contributed by atoms with Crippen LogP contribution in [0.2, 0.25) is 0 Å². The van der Waals surface area contributed by atoms with Crippen molar-refractivity contribution in [2.45, 2.75) is 10.4 Å². The van der Waals surface area contributed by atoms with E-state index in [-0.39, 0.29) is 5.56 Å². The lowest BCUT2D eigenvalue weighted by atomic mass is 9.90. The normalized spacial score (nSPS) is 14.5. The van der Waals surface area contributed by atoms with Gasteiger partial charge in [0, 0.05) is 5.56 Å². The topological polar surface area (TPSA) is 74.6 Å². The number of hydrogen-bond acceptors (Lipinski definition) is 3. The summed E-state index contributed by atoms with van der Waals surface area (Å²) in [5.74, 6) is -2.90. The minimum absolute atomic E-state index is 0.0844. The van der Waals surface area contributed by atoms with Crippen LogP contribution in [0.3, 0.4) is 0 Å². The Kier molecular flexibility index (Phi) is 3.91. The van der Waals surface area contributed by atoms with E-state index in [0.717, 1.165) is 0 Å². The van der Waals surface area contributed by atoms with Crippen molar-refractivity contribution in [3.8, 4) is 0 Å². The highest BCUT2D eigenvalue weighted by Crippen LogP contribution is 2.26. The highest BCUT2D eigenvalue weighted by Gasteiger charge is 2.48. The number of carbonyl (C=O) groups excluding carboxylic acids is 1. The van der Waals surface area contributed by atoms with Crippen LogP contribution in [0.25, 0.3) is 0 Å². The molecule has 4 nitrogen and oxygen atoms in total. The molecule has 1 aromatic rings. The van der Waals surface area contributed by atoms with E-state index in [0.29, 0.717) is 0 Å². The third-order valence-electron chi connectivity index (χ3n) is 2.06. The van der Waals surface area contributed by atoms with Crippen molar-refractivity contribution in [2.75, 3.05) is 0 Å². The Labute approximate surface area is 101 Å². The molecule has 1 atom stereocenters. The first-order valence-electron chi connectivity index (χ1n) is 4.24. The Morgan fingerprint density at radius 1 is 1.19 bits per heavy atom. The zero-order valence-corrected chi connectivity index (χ0v) is 9.44. The highest BCUT2D eigenvalue weighted by molar-refractivity contribution is 6.55. The van der Waals surface area contributed by atoms with E-state index in [1.807, 2.05) is 0 Å². The summed E-state index contributed by atoms with van der Waals surface area (Å²) in [7, 11) is 0. The molecule has 0 aliphatic heterocycles. The van der Waals surface area contributed by atoms with Gasteiger partial charge in [-0.1, -0.05) is 53.5 Å². The third-order valence-corrected chi connectivity index (χ3v) is 2.45. The van der Waals surface area contributed by atoms with Gasteiger partial charge in [0.15, 0.2) is 4.84 Å². The maximum Gasteiger partial charge on any atom is 0.348 e. The van der Waals surface area contributed by atoms with Crippen LogP contribution in [0, 0.1) is 0 Å². The number of aliphatic carboxylic acids is 1. The van der Waals surface area contributed by atoms with Crippen LogP contribution >= 0.6 is 23.2 Å². The minimum atomic E-state index is -2.71. The molecule has 16 heavy (non-hydrogen) atoms. The number of rotatable bonds is 4. The number of Topliss-reactive ketones (excluding diaryl/α,β-unsaturated/α-hetero) is 1. The molecule has 0 aliphatic rings. The highest BCUT2D eigenvalue weighted by atomic mass is 35.5. The molecule has 0 spiro atoms. The summed E-state index contributed by atoms with van der Waals surface area (Å²) >= 11 is 10.6. The molecule has 0 saturated carbocycles. The fraction of sp³-hybridized carbons (Fsp3) is 0.200. The van der Waals surface area contributed by atoms with Crippen LogP contribution in [0.4, 0.5) is 0 Å². The van der Waals surface area contributed by atoms with Crippen LogP contribution in [0.15, 0.2) is 30.3 Å². The SMILES string of the molecule is O=C(O)C(O)(C(=O)C(Cl)Cl)c1ccccc1. The first-order valence-corrected chi connectivity index (χ1v) is 5.11. The van der Waals surface area contributed by atoms with E-state index in [9.17, 15) is 14.7 Å². The fourth-order valence-electron chi connectivity index (χ4n) is 1.21. The van der Waals surface area contributed by atoms with E-state index in [4.69, 9.17) is 28.3 Å². The predicted octanol–water partition coefficient (Wildman–Crippen LogP) is 1.33. The van der Waals surface area contributed by atoms with Gasteiger partial charge in [0.2, 0.25) is 11.4 Å².